The van der Waals surface area contributed by atoms with Crippen LogP contribution in [0.15, 0.2) is 18.2 Å². The first-order valence-electron chi connectivity index (χ1n) is 6.42. The SMILES string of the molecule is Cc1cc(F)ccc1NC(=O)CC1CCNCC1. The van der Waals surface area contributed by atoms with Crippen molar-refractivity contribution in [3.8, 4) is 0 Å². The molecular formula is C14H19FN2O. The Hall–Kier alpha value is -1.42. The van der Waals surface area contributed by atoms with Gasteiger partial charge in [-0.15, -0.1) is 0 Å². The zero-order valence-corrected chi connectivity index (χ0v) is 10.6. The minimum absolute atomic E-state index is 0.0246. The average molecular weight is 250 g/mol. The van der Waals surface area contributed by atoms with Crippen molar-refractivity contribution >= 4 is 11.6 Å². The maximum absolute atomic E-state index is 12.9. The number of rotatable bonds is 3. The summed E-state index contributed by atoms with van der Waals surface area (Å²) in [5.74, 6) is 0.215. The molecule has 0 unspecified atom stereocenters. The molecule has 1 aliphatic heterocycles. The normalized spacial score (nSPS) is 16.6. The molecule has 0 radical (unpaired) electrons. The summed E-state index contributed by atoms with van der Waals surface area (Å²) in [6.45, 7) is 3.78. The van der Waals surface area contributed by atoms with Gasteiger partial charge < -0.3 is 10.6 Å². The van der Waals surface area contributed by atoms with E-state index in [9.17, 15) is 9.18 Å². The molecule has 0 aliphatic carbocycles. The van der Waals surface area contributed by atoms with Gasteiger partial charge in [-0.3, -0.25) is 4.79 Å². The third-order valence-corrected chi connectivity index (χ3v) is 3.40. The van der Waals surface area contributed by atoms with Gasteiger partial charge in [0.1, 0.15) is 5.82 Å². The number of nitrogens with one attached hydrogen (secondary N) is 2. The fourth-order valence-electron chi connectivity index (χ4n) is 2.32. The van der Waals surface area contributed by atoms with Gasteiger partial charge in [0.15, 0.2) is 0 Å². The van der Waals surface area contributed by atoms with Crippen LogP contribution in [0, 0.1) is 18.7 Å². The molecule has 1 aliphatic rings. The van der Waals surface area contributed by atoms with Crippen molar-refractivity contribution in [2.75, 3.05) is 18.4 Å². The van der Waals surface area contributed by atoms with Crippen molar-refractivity contribution in [3.63, 3.8) is 0 Å². The van der Waals surface area contributed by atoms with Crippen LogP contribution >= 0.6 is 0 Å². The monoisotopic (exact) mass is 250 g/mol. The highest BCUT2D eigenvalue weighted by molar-refractivity contribution is 5.91. The zero-order chi connectivity index (χ0) is 13.0. The Labute approximate surface area is 107 Å². The molecule has 18 heavy (non-hydrogen) atoms. The van der Waals surface area contributed by atoms with Crippen LogP contribution in [0.25, 0.3) is 0 Å². The van der Waals surface area contributed by atoms with Crippen molar-refractivity contribution in [3.05, 3.63) is 29.6 Å². The highest BCUT2D eigenvalue weighted by Gasteiger charge is 2.17. The summed E-state index contributed by atoms with van der Waals surface area (Å²) in [5.41, 5.74) is 1.46. The Balaban J connectivity index is 1.90. The standard InChI is InChI=1S/C14H19FN2O/c1-10-8-12(15)2-3-13(10)17-14(18)9-11-4-6-16-7-5-11/h2-3,8,11,16H,4-7,9H2,1H3,(H,17,18). The van der Waals surface area contributed by atoms with Crippen LogP contribution in [-0.4, -0.2) is 19.0 Å². The highest BCUT2D eigenvalue weighted by Crippen LogP contribution is 2.19. The summed E-state index contributed by atoms with van der Waals surface area (Å²) in [6.07, 6.45) is 2.66. The van der Waals surface area contributed by atoms with Gasteiger partial charge in [0.05, 0.1) is 0 Å². The third kappa shape index (κ3) is 3.53. The lowest BCUT2D eigenvalue weighted by atomic mass is 9.94. The van der Waals surface area contributed by atoms with Crippen molar-refractivity contribution in [2.24, 2.45) is 5.92 Å². The van der Waals surface area contributed by atoms with E-state index >= 15 is 0 Å². The highest BCUT2D eigenvalue weighted by atomic mass is 19.1. The largest absolute Gasteiger partial charge is 0.326 e. The predicted octanol–water partition coefficient (Wildman–Crippen LogP) is 2.46. The quantitative estimate of drug-likeness (QED) is 0.865. The van der Waals surface area contributed by atoms with Gasteiger partial charge in [-0.2, -0.15) is 0 Å². The van der Waals surface area contributed by atoms with Crippen molar-refractivity contribution in [1.82, 2.24) is 5.32 Å². The van der Waals surface area contributed by atoms with Crippen LogP contribution < -0.4 is 10.6 Å². The number of carbonyl (C=O) groups is 1. The van der Waals surface area contributed by atoms with E-state index in [0.29, 0.717) is 18.0 Å². The van der Waals surface area contributed by atoms with Crippen molar-refractivity contribution < 1.29 is 9.18 Å². The van der Waals surface area contributed by atoms with Crippen LogP contribution in [0.3, 0.4) is 0 Å². The second-order valence-electron chi connectivity index (χ2n) is 4.90. The Morgan fingerprint density at radius 1 is 1.44 bits per heavy atom. The molecule has 2 N–H and O–H groups in total. The lowest BCUT2D eigenvalue weighted by Crippen LogP contribution is -2.30. The molecule has 1 saturated heterocycles. The van der Waals surface area contributed by atoms with Gasteiger partial charge in [0, 0.05) is 12.1 Å². The fourth-order valence-corrected chi connectivity index (χ4v) is 2.32. The van der Waals surface area contributed by atoms with Crippen LogP contribution in [0.1, 0.15) is 24.8 Å². The van der Waals surface area contributed by atoms with E-state index in [1.54, 1.807) is 13.0 Å². The minimum Gasteiger partial charge on any atom is -0.326 e. The van der Waals surface area contributed by atoms with E-state index in [1.165, 1.54) is 12.1 Å². The van der Waals surface area contributed by atoms with Crippen LogP contribution in [0.5, 0.6) is 0 Å². The molecule has 1 heterocycles. The molecule has 0 bridgehead atoms. The smallest absolute Gasteiger partial charge is 0.224 e. The Morgan fingerprint density at radius 2 is 2.17 bits per heavy atom. The van der Waals surface area contributed by atoms with E-state index in [2.05, 4.69) is 10.6 Å². The summed E-state index contributed by atoms with van der Waals surface area (Å²) in [6, 6.07) is 4.41. The molecule has 1 fully saturated rings. The van der Waals surface area contributed by atoms with Crippen molar-refractivity contribution in [1.29, 1.82) is 0 Å². The summed E-state index contributed by atoms with van der Waals surface area (Å²) in [5, 5.41) is 6.14. The van der Waals surface area contributed by atoms with E-state index in [-0.39, 0.29) is 11.7 Å². The number of carbonyl (C=O) groups excluding carboxylic acids is 1. The first-order valence-corrected chi connectivity index (χ1v) is 6.42. The van der Waals surface area contributed by atoms with Gasteiger partial charge in [0.2, 0.25) is 5.91 Å². The topological polar surface area (TPSA) is 41.1 Å². The number of aryl methyl sites for hydroxylation is 1. The van der Waals surface area contributed by atoms with Crippen LogP contribution in [0.4, 0.5) is 10.1 Å². The number of amides is 1. The molecular weight excluding hydrogens is 231 g/mol. The minimum atomic E-state index is -0.274. The lowest BCUT2D eigenvalue weighted by molar-refractivity contribution is -0.117. The van der Waals surface area contributed by atoms with E-state index in [0.717, 1.165) is 31.5 Å². The van der Waals surface area contributed by atoms with Gasteiger partial charge in [-0.05, 0) is 62.5 Å². The maximum Gasteiger partial charge on any atom is 0.224 e. The summed E-state index contributed by atoms with van der Waals surface area (Å²) in [4.78, 5) is 11.9. The maximum atomic E-state index is 12.9. The van der Waals surface area contributed by atoms with Gasteiger partial charge in [-0.1, -0.05) is 0 Å². The third-order valence-electron chi connectivity index (χ3n) is 3.40. The van der Waals surface area contributed by atoms with Gasteiger partial charge >= 0.3 is 0 Å². The number of halogens is 1. The molecule has 4 heteroatoms. The van der Waals surface area contributed by atoms with Crippen LogP contribution in [0.2, 0.25) is 0 Å². The number of anilines is 1. The summed E-state index contributed by atoms with van der Waals surface area (Å²) < 4.78 is 12.9. The van der Waals surface area contributed by atoms with E-state index in [4.69, 9.17) is 0 Å². The second-order valence-corrected chi connectivity index (χ2v) is 4.90. The first-order chi connectivity index (χ1) is 8.65. The number of benzene rings is 1. The molecule has 1 aromatic rings. The molecule has 98 valence electrons. The van der Waals surface area contributed by atoms with E-state index in [1.807, 2.05) is 0 Å². The molecule has 0 aromatic heterocycles. The summed E-state index contributed by atoms with van der Waals surface area (Å²) >= 11 is 0. The second kappa shape index (κ2) is 5.96. The summed E-state index contributed by atoms with van der Waals surface area (Å²) in [7, 11) is 0. The number of hydrogen-bond acceptors (Lipinski definition) is 2. The fraction of sp³-hybridized carbons (Fsp3) is 0.500. The molecule has 0 spiro atoms. The molecule has 1 aromatic carbocycles. The molecule has 3 nitrogen and oxygen atoms in total. The molecule has 2 rings (SSSR count). The molecule has 0 atom stereocenters. The molecule has 0 saturated carbocycles. The van der Waals surface area contributed by atoms with Crippen molar-refractivity contribution in [2.45, 2.75) is 26.2 Å². The number of piperidine rings is 1. The molecule has 1 amide bonds. The Morgan fingerprint density at radius 3 is 2.83 bits per heavy atom. The Kier molecular flexibility index (Phi) is 4.31. The van der Waals surface area contributed by atoms with Gasteiger partial charge in [-0.25, -0.2) is 4.39 Å². The first kappa shape index (κ1) is 13.0. The van der Waals surface area contributed by atoms with Gasteiger partial charge in [0.25, 0.3) is 0 Å². The zero-order valence-electron chi connectivity index (χ0n) is 10.6. The van der Waals surface area contributed by atoms with E-state index < -0.39 is 0 Å². The lowest BCUT2D eigenvalue weighted by Gasteiger charge is -2.22. The average Bonchev–Trinajstić information content (AvgIpc) is 2.34. The Bertz CT molecular complexity index is 428. The predicted molar refractivity (Wildman–Crippen MR) is 70.0 cm³/mol. The van der Waals surface area contributed by atoms with Crippen LogP contribution in [-0.2, 0) is 4.79 Å². The number of hydrogen-bond donors (Lipinski definition) is 2.